The second kappa shape index (κ2) is 5.57. The van der Waals surface area contributed by atoms with E-state index in [1.54, 1.807) is 24.3 Å². The molecule has 98 valence electrons. The highest BCUT2D eigenvalue weighted by molar-refractivity contribution is 5.90. The zero-order valence-corrected chi connectivity index (χ0v) is 11.1. The average molecular weight is 255 g/mol. The number of aryl methyl sites for hydroxylation is 2. The third-order valence-electron chi connectivity index (χ3n) is 3.11. The van der Waals surface area contributed by atoms with Gasteiger partial charge in [0.25, 0.3) is 0 Å². The fraction of sp³-hybridized carbons (Fsp3) is 0.188. The standard InChI is InChI=1S/C16H17NO2/c1-11-5-3-6-12(2)15(11)10-19-16(18)13-7-4-8-14(17)9-13/h3-9H,10,17H2,1-2H3. The lowest BCUT2D eigenvalue weighted by Crippen LogP contribution is -2.07. The molecule has 0 aliphatic rings. The highest BCUT2D eigenvalue weighted by atomic mass is 16.5. The van der Waals surface area contributed by atoms with E-state index >= 15 is 0 Å². The van der Waals surface area contributed by atoms with Gasteiger partial charge >= 0.3 is 5.97 Å². The monoisotopic (exact) mass is 255 g/mol. The molecule has 0 spiro atoms. The van der Waals surface area contributed by atoms with Crippen LogP contribution in [0.5, 0.6) is 0 Å². The third kappa shape index (κ3) is 3.13. The van der Waals surface area contributed by atoms with Crippen LogP contribution in [0.25, 0.3) is 0 Å². The molecule has 0 saturated heterocycles. The smallest absolute Gasteiger partial charge is 0.338 e. The number of benzene rings is 2. The molecule has 0 radical (unpaired) electrons. The van der Waals surface area contributed by atoms with Crippen molar-refractivity contribution in [2.45, 2.75) is 20.5 Å². The summed E-state index contributed by atoms with van der Waals surface area (Å²) in [5.41, 5.74) is 9.99. The molecule has 3 nitrogen and oxygen atoms in total. The Labute approximate surface area is 113 Å². The maximum Gasteiger partial charge on any atom is 0.338 e. The van der Waals surface area contributed by atoms with Crippen LogP contribution >= 0.6 is 0 Å². The van der Waals surface area contributed by atoms with Gasteiger partial charge in [-0.25, -0.2) is 4.79 Å². The van der Waals surface area contributed by atoms with Crippen molar-refractivity contribution in [3.05, 3.63) is 64.7 Å². The van der Waals surface area contributed by atoms with Crippen molar-refractivity contribution in [1.29, 1.82) is 0 Å². The molecule has 0 atom stereocenters. The summed E-state index contributed by atoms with van der Waals surface area (Å²) < 4.78 is 5.34. The molecular formula is C16H17NO2. The molecule has 3 heteroatoms. The van der Waals surface area contributed by atoms with Gasteiger partial charge in [-0.1, -0.05) is 24.3 Å². The lowest BCUT2D eigenvalue weighted by atomic mass is 10.0. The first kappa shape index (κ1) is 13.1. The Kier molecular flexibility index (Phi) is 3.85. The molecule has 0 unspecified atom stereocenters. The summed E-state index contributed by atoms with van der Waals surface area (Å²) in [6.45, 7) is 4.31. The van der Waals surface area contributed by atoms with Crippen LogP contribution in [0.3, 0.4) is 0 Å². The van der Waals surface area contributed by atoms with Crippen LogP contribution in [0.4, 0.5) is 5.69 Å². The van der Waals surface area contributed by atoms with Gasteiger partial charge in [-0.2, -0.15) is 0 Å². The number of hydrogen-bond acceptors (Lipinski definition) is 3. The Balaban J connectivity index is 2.09. The highest BCUT2D eigenvalue weighted by Crippen LogP contribution is 2.16. The molecule has 2 rings (SSSR count). The SMILES string of the molecule is Cc1cccc(C)c1COC(=O)c1cccc(N)c1. The van der Waals surface area contributed by atoms with E-state index in [-0.39, 0.29) is 12.6 Å². The van der Waals surface area contributed by atoms with Crippen molar-refractivity contribution in [3.8, 4) is 0 Å². The average Bonchev–Trinajstić information content (AvgIpc) is 2.38. The first-order chi connectivity index (χ1) is 9.08. The Bertz CT molecular complexity index is 585. The molecule has 2 aromatic carbocycles. The van der Waals surface area contributed by atoms with E-state index in [1.807, 2.05) is 32.0 Å². The Morgan fingerprint density at radius 1 is 1.11 bits per heavy atom. The van der Waals surface area contributed by atoms with Gasteiger partial charge in [-0.15, -0.1) is 0 Å². The normalized spacial score (nSPS) is 10.2. The number of nitrogen functional groups attached to an aromatic ring is 1. The second-order valence-electron chi connectivity index (χ2n) is 4.57. The largest absolute Gasteiger partial charge is 0.457 e. The van der Waals surface area contributed by atoms with Crippen LogP contribution in [0, 0.1) is 13.8 Å². The third-order valence-corrected chi connectivity index (χ3v) is 3.11. The Morgan fingerprint density at radius 3 is 2.37 bits per heavy atom. The van der Waals surface area contributed by atoms with Gasteiger partial charge in [-0.3, -0.25) is 0 Å². The molecule has 0 aliphatic heterocycles. The van der Waals surface area contributed by atoms with E-state index < -0.39 is 0 Å². The number of hydrogen-bond donors (Lipinski definition) is 1. The lowest BCUT2D eigenvalue weighted by molar-refractivity contribution is 0.0471. The number of anilines is 1. The zero-order valence-electron chi connectivity index (χ0n) is 11.1. The topological polar surface area (TPSA) is 52.3 Å². The van der Waals surface area contributed by atoms with E-state index in [4.69, 9.17) is 10.5 Å². The molecule has 0 aromatic heterocycles. The Hall–Kier alpha value is -2.29. The van der Waals surface area contributed by atoms with Gasteiger partial charge in [0.1, 0.15) is 6.61 Å². The van der Waals surface area contributed by atoms with E-state index in [0.717, 1.165) is 16.7 Å². The van der Waals surface area contributed by atoms with Crippen LogP contribution < -0.4 is 5.73 Å². The summed E-state index contributed by atoms with van der Waals surface area (Å²) >= 11 is 0. The summed E-state index contributed by atoms with van der Waals surface area (Å²) in [4.78, 5) is 11.9. The van der Waals surface area contributed by atoms with Crippen molar-refractivity contribution in [2.75, 3.05) is 5.73 Å². The molecule has 0 bridgehead atoms. The van der Waals surface area contributed by atoms with Crippen LogP contribution in [0.1, 0.15) is 27.0 Å². The van der Waals surface area contributed by atoms with Crippen molar-refractivity contribution in [3.63, 3.8) is 0 Å². The van der Waals surface area contributed by atoms with E-state index in [0.29, 0.717) is 11.3 Å². The van der Waals surface area contributed by atoms with Crippen LogP contribution in [-0.4, -0.2) is 5.97 Å². The maximum absolute atomic E-state index is 11.9. The fourth-order valence-corrected chi connectivity index (χ4v) is 1.96. The number of carbonyl (C=O) groups excluding carboxylic acids is 1. The van der Waals surface area contributed by atoms with E-state index in [1.165, 1.54) is 0 Å². The van der Waals surface area contributed by atoms with Gasteiger partial charge in [0.05, 0.1) is 5.56 Å². The van der Waals surface area contributed by atoms with Crippen molar-refractivity contribution in [2.24, 2.45) is 0 Å². The molecular weight excluding hydrogens is 238 g/mol. The minimum atomic E-state index is -0.352. The van der Waals surface area contributed by atoms with Crippen LogP contribution in [0.15, 0.2) is 42.5 Å². The summed E-state index contributed by atoms with van der Waals surface area (Å²) in [5.74, 6) is -0.352. The van der Waals surface area contributed by atoms with Crippen LogP contribution in [-0.2, 0) is 11.3 Å². The van der Waals surface area contributed by atoms with Crippen molar-refractivity contribution in [1.82, 2.24) is 0 Å². The highest BCUT2D eigenvalue weighted by Gasteiger charge is 2.09. The number of ether oxygens (including phenoxy) is 1. The molecule has 2 N–H and O–H groups in total. The molecule has 0 amide bonds. The molecule has 19 heavy (non-hydrogen) atoms. The fourth-order valence-electron chi connectivity index (χ4n) is 1.96. The van der Waals surface area contributed by atoms with Gasteiger partial charge in [0.15, 0.2) is 0 Å². The summed E-state index contributed by atoms with van der Waals surface area (Å²) in [6.07, 6.45) is 0. The number of carbonyl (C=O) groups is 1. The second-order valence-corrected chi connectivity index (χ2v) is 4.57. The molecule has 0 fully saturated rings. The maximum atomic E-state index is 11.9. The number of rotatable bonds is 3. The molecule has 0 saturated carbocycles. The van der Waals surface area contributed by atoms with Crippen LogP contribution in [0.2, 0.25) is 0 Å². The predicted octanol–water partition coefficient (Wildman–Crippen LogP) is 3.24. The first-order valence-electron chi connectivity index (χ1n) is 6.15. The molecule has 0 aliphatic carbocycles. The first-order valence-corrected chi connectivity index (χ1v) is 6.15. The van der Waals surface area contributed by atoms with E-state index in [2.05, 4.69) is 0 Å². The zero-order chi connectivity index (χ0) is 13.8. The Morgan fingerprint density at radius 2 is 1.74 bits per heavy atom. The minimum absolute atomic E-state index is 0.284. The van der Waals surface area contributed by atoms with E-state index in [9.17, 15) is 4.79 Å². The molecule has 2 aromatic rings. The summed E-state index contributed by atoms with van der Waals surface area (Å²) in [7, 11) is 0. The van der Waals surface area contributed by atoms with Gasteiger partial charge < -0.3 is 10.5 Å². The quantitative estimate of drug-likeness (QED) is 0.676. The summed E-state index contributed by atoms with van der Waals surface area (Å²) in [6, 6.07) is 12.8. The molecule has 0 heterocycles. The lowest BCUT2D eigenvalue weighted by Gasteiger charge is -2.10. The minimum Gasteiger partial charge on any atom is -0.457 e. The van der Waals surface area contributed by atoms with Gasteiger partial charge in [0, 0.05) is 5.69 Å². The number of esters is 1. The number of nitrogens with two attached hydrogens (primary N) is 1. The van der Waals surface area contributed by atoms with Gasteiger partial charge in [0.2, 0.25) is 0 Å². The predicted molar refractivity (Wildman–Crippen MR) is 75.9 cm³/mol. The summed E-state index contributed by atoms with van der Waals surface area (Å²) in [5, 5.41) is 0. The van der Waals surface area contributed by atoms with Gasteiger partial charge in [-0.05, 0) is 48.7 Å². The van der Waals surface area contributed by atoms with Crippen molar-refractivity contribution < 1.29 is 9.53 Å². The van der Waals surface area contributed by atoms with Crippen molar-refractivity contribution >= 4 is 11.7 Å².